The summed E-state index contributed by atoms with van der Waals surface area (Å²) in [5.41, 5.74) is 6.44. The molecule has 1 aliphatic heterocycles. The summed E-state index contributed by atoms with van der Waals surface area (Å²) in [5.74, 6) is 0.457. The molecule has 27 heavy (non-hydrogen) atoms. The van der Waals surface area contributed by atoms with Gasteiger partial charge in [-0.3, -0.25) is 19.1 Å². The number of amides is 1. The van der Waals surface area contributed by atoms with Crippen LogP contribution in [-0.2, 0) is 24.8 Å². The Morgan fingerprint density at radius 1 is 1.19 bits per heavy atom. The summed E-state index contributed by atoms with van der Waals surface area (Å²) in [4.78, 5) is 21.9. The number of carbonyl (C=O) groups is 1. The highest BCUT2D eigenvalue weighted by Gasteiger charge is 2.24. The average molecular weight is 361 g/mol. The van der Waals surface area contributed by atoms with Crippen LogP contribution in [0.2, 0.25) is 0 Å². The van der Waals surface area contributed by atoms with E-state index >= 15 is 0 Å². The van der Waals surface area contributed by atoms with Crippen LogP contribution in [0, 0.1) is 6.92 Å². The summed E-state index contributed by atoms with van der Waals surface area (Å²) in [5, 5.41) is 11.9. The fourth-order valence-corrected chi connectivity index (χ4v) is 3.70. The van der Waals surface area contributed by atoms with Gasteiger partial charge in [0.05, 0.1) is 34.5 Å². The van der Waals surface area contributed by atoms with Gasteiger partial charge in [0, 0.05) is 50.0 Å². The summed E-state index contributed by atoms with van der Waals surface area (Å²) >= 11 is 0. The largest absolute Gasteiger partial charge is 0.309 e. The Labute approximate surface area is 155 Å². The molecule has 0 atom stereocenters. The third-order valence-electron chi connectivity index (χ3n) is 4.99. The van der Waals surface area contributed by atoms with Gasteiger partial charge in [0.25, 0.3) is 0 Å². The van der Waals surface area contributed by atoms with E-state index in [1.165, 1.54) is 0 Å². The van der Waals surface area contributed by atoms with Crippen LogP contribution in [0.25, 0.3) is 16.8 Å². The standard InChI is InChI=1S/C19H19N7O/c1-11-13-10-26(23-11)7-3-4-17(27)22-19-14(9-25(2)24-19)16-8-20-15-6-5-12(13)18(15)21-16/h5,8-10H,3-4,6-7H2,1-2H3,(H,22,24,27). The SMILES string of the molecule is Cc1nn2cc1C1=CCc3ncc(nc31)-c1cn(C)nc1NC(=O)CCC2. The van der Waals surface area contributed by atoms with Crippen LogP contribution in [0.1, 0.15) is 35.5 Å². The molecule has 1 aliphatic carbocycles. The van der Waals surface area contributed by atoms with Crippen molar-refractivity contribution >= 4 is 17.3 Å². The highest BCUT2D eigenvalue weighted by atomic mass is 16.1. The lowest BCUT2D eigenvalue weighted by Gasteiger charge is -2.09. The van der Waals surface area contributed by atoms with Gasteiger partial charge in [-0.1, -0.05) is 6.08 Å². The lowest BCUT2D eigenvalue weighted by molar-refractivity contribution is -0.116. The van der Waals surface area contributed by atoms with Gasteiger partial charge in [-0.15, -0.1) is 0 Å². The molecule has 136 valence electrons. The number of hydrogen-bond acceptors (Lipinski definition) is 5. The van der Waals surface area contributed by atoms with Crippen molar-refractivity contribution in [1.82, 2.24) is 29.5 Å². The van der Waals surface area contributed by atoms with Crippen molar-refractivity contribution in [2.75, 3.05) is 5.32 Å². The van der Waals surface area contributed by atoms with Crippen molar-refractivity contribution < 1.29 is 4.79 Å². The number of nitrogens with zero attached hydrogens (tertiary/aromatic N) is 6. The lowest BCUT2D eigenvalue weighted by Crippen LogP contribution is -2.14. The number of anilines is 1. The van der Waals surface area contributed by atoms with Crippen LogP contribution in [0.3, 0.4) is 0 Å². The van der Waals surface area contributed by atoms with E-state index in [0.29, 0.717) is 30.9 Å². The Kier molecular flexibility index (Phi) is 3.46. The lowest BCUT2D eigenvalue weighted by atomic mass is 10.1. The second kappa shape index (κ2) is 5.87. The van der Waals surface area contributed by atoms with Crippen molar-refractivity contribution in [1.29, 1.82) is 0 Å². The first kappa shape index (κ1) is 15.9. The smallest absolute Gasteiger partial charge is 0.225 e. The first-order chi connectivity index (χ1) is 13.1. The highest BCUT2D eigenvalue weighted by molar-refractivity contribution is 5.93. The maximum absolute atomic E-state index is 12.4. The molecular weight excluding hydrogens is 342 g/mol. The van der Waals surface area contributed by atoms with Crippen LogP contribution < -0.4 is 5.32 Å². The maximum atomic E-state index is 12.4. The third kappa shape index (κ3) is 2.64. The molecule has 0 unspecified atom stereocenters. The van der Waals surface area contributed by atoms with E-state index in [1.54, 1.807) is 10.9 Å². The molecule has 8 heteroatoms. The fourth-order valence-electron chi connectivity index (χ4n) is 3.70. The van der Waals surface area contributed by atoms with Gasteiger partial charge >= 0.3 is 0 Å². The first-order valence-electron chi connectivity index (χ1n) is 9.03. The average Bonchev–Trinajstić information content (AvgIpc) is 3.30. The van der Waals surface area contributed by atoms with Crippen LogP contribution >= 0.6 is 0 Å². The number of rotatable bonds is 0. The van der Waals surface area contributed by atoms with Gasteiger partial charge < -0.3 is 5.32 Å². The van der Waals surface area contributed by atoms with Gasteiger partial charge in [0.2, 0.25) is 5.91 Å². The van der Waals surface area contributed by atoms with Crippen molar-refractivity contribution in [3.8, 4) is 11.3 Å². The number of fused-ring (bicyclic) bond motifs is 6. The molecule has 0 saturated heterocycles. The predicted octanol–water partition coefficient (Wildman–Crippen LogP) is 2.10. The molecule has 1 N–H and O–H groups in total. The third-order valence-corrected chi connectivity index (χ3v) is 4.99. The summed E-state index contributed by atoms with van der Waals surface area (Å²) in [6.45, 7) is 2.70. The van der Waals surface area contributed by atoms with E-state index in [1.807, 2.05) is 31.0 Å². The molecule has 3 aromatic rings. The van der Waals surface area contributed by atoms with Gasteiger partial charge in [-0.2, -0.15) is 10.2 Å². The van der Waals surface area contributed by atoms with Gasteiger partial charge in [0.15, 0.2) is 5.82 Å². The van der Waals surface area contributed by atoms with Crippen molar-refractivity contribution in [2.24, 2.45) is 7.05 Å². The number of carbonyl (C=O) groups excluding carboxylic acids is 1. The zero-order valence-corrected chi connectivity index (χ0v) is 15.2. The monoisotopic (exact) mass is 361 g/mol. The predicted molar refractivity (Wildman–Crippen MR) is 99.8 cm³/mol. The van der Waals surface area contributed by atoms with Gasteiger partial charge in [0.1, 0.15) is 0 Å². The van der Waals surface area contributed by atoms with E-state index in [4.69, 9.17) is 4.98 Å². The minimum Gasteiger partial charge on any atom is -0.309 e. The maximum Gasteiger partial charge on any atom is 0.225 e. The van der Waals surface area contributed by atoms with Crippen LogP contribution in [0.4, 0.5) is 5.82 Å². The number of aryl methyl sites for hydroxylation is 3. The Bertz CT molecular complexity index is 1110. The van der Waals surface area contributed by atoms with E-state index in [0.717, 1.165) is 40.2 Å². The normalized spacial score (nSPS) is 15.8. The van der Waals surface area contributed by atoms with Crippen LogP contribution in [0.15, 0.2) is 24.7 Å². The van der Waals surface area contributed by atoms with Gasteiger partial charge in [-0.25, -0.2) is 4.98 Å². The van der Waals surface area contributed by atoms with E-state index in [9.17, 15) is 4.79 Å². The molecule has 4 bridgehead atoms. The molecule has 0 radical (unpaired) electrons. The Morgan fingerprint density at radius 3 is 2.96 bits per heavy atom. The molecule has 5 rings (SSSR count). The summed E-state index contributed by atoms with van der Waals surface area (Å²) in [7, 11) is 1.83. The molecule has 3 aromatic heterocycles. The molecule has 0 spiro atoms. The van der Waals surface area contributed by atoms with Crippen molar-refractivity contribution in [3.05, 3.63) is 47.3 Å². The number of allylic oxidation sites excluding steroid dienone is 1. The van der Waals surface area contributed by atoms with E-state index < -0.39 is 0 Å². The van der Waals surface area contributed by atoms with E-state index in [-0.39, 0.29) is 5.91 Å². The molecule has 0 fully saturated rings. The Hall–Kier alpha value is -3.29. The van der Waals surface area contributed by atoms with Crippen LogP contribution in [0.5, 0.6) is 0 Å². The molecule has 8 nitrogen and oxygen atoms in total. The Balaban J connectivity index is 1.70. The second-order valence-electron chi connectivity index (χ2n) is 6.98. The molecule has 4 heterocycles. The summed E-state index contributed by atoms with van der Waals surface area (Å²) in [6.07, 6.45) is 9.71. The number of aromatic nitrogens is 6. The molecular formula is C19H19N7O. The zero-order valence-electron chi connectivity index (χ0n) is 15.2. The van der Waals surface area contributed by atoms with Gasteiger partial charge in [-0.05, 0) is 13.3 Å². The second-order valence-corrected chi connectivity index (χ2v) is 6.98. The number of nitrogens with one attached hydrogen (secondary N) is 1. The quantitative estimate of drug-likeness (QED) is 0.662. The minimum absolute atomic E-state index is 0.0641. The summed E-state index contributed by atoms with van der Waals surface area (Å²) < 4.78 is 3.59. The molecule has 1 amide bonds. The minimum atomic E-state index is -0.0641. The fraction of sp³-hybridized carbons (Fsp3) is 0.316. The highest BCUT2D eigenvalue weighted by Crippen LogP contribution is 2.34. The molecule has 2 aliphatic rings. The molecule has 0 aromatic carbocycles. The number of hydrogen-bond donors (Lipinski definition) is 1. The van der Waals surface area contributed by atoms with Crippen molar-refractivity contribution in [3.63, 3.8) is 0 Å². The zero-order chi connectivity index (χ0) is 18.5. The topological polar surface area (TPSA) is 90.5 Å². The molecule has 0 saturated carbocycles. The van der Waals surface area contributed by atoms with Crippen LogP contribution in [-0.4, -0.2) is 35.4 Å². The summed E-state index contributed by atoms with van der Waals surface area (Å²) in [6, 6.07) is 0. The Morgan fingerprint density at radius 2 is 2.07 bits per heavy atom. The van der Waals surface area contributed by atoms with Crippen molar-refractivity contribution in [2.45, 2.75) is 32.7 Å². The van der Waals surface area contributed by atoms with E-state index in [2.05, 4.69) is 26.6 Å². The first-order valence-corrected chi connectivity index (χ1v) is 9.03.